The van der Waals surface area contributed by atoms with Crippen molar-refractivity contribution in [3.8, 4) is 11.3 Å². The van der Waals surface area contributed by atoms with E-state index in [4.69, 9.17) is 4.74 Å². The third-order valence-corrected chi connectivity index (χ3v) is 4.76. The van der Waals surface area contributed by atoms with Crippen LogP contribution in [0.5, 0.6) is 0 Å². The van der Waals surface area contributed by atoms with Crippen molar-refractivity contribution in [2.24, 2.45) is 0 Å². The molecule has 0 saturated carbocycles. The van der Waals surface area contributed by atoms with Gasteiger partial charge in [-0.15, -0.1) is 0 Å². The summed E-state index contributed by atoms with van der Waals surface area (Å²) in [6.07, 6.45) is 3.22. The van der Waals surface area contributed by atoms with Crippen LogP contribution in [-0.4, -0.2) is 37.1 Å². The van der Waals surface area contributed by atoms with E-state index in [0.29, 0.717) is 12.3 Å². The zero-order chi connectivity index (χ0) is 14.7. The first-order valence-electron chi connectivity index (χ1n) is 6.84. The molecule has 0 spiro atoms. The second-order valence-electron chi connectivity index (χ2n) is 5.07. The van der Waals surface area contributed by atoms with Gasteiger partial charge in [-0.1, -0.05) is 12.1 Å². The van der Waals surface area contributed by atoms with Crippen LogP contribution in [0, 0.1) is 0 Å². The average Bonchev–Trinajstić information content (AvgIpc) is 3.11. The van der Waals surface area contributed by atoms with Crippen molar-refractivity contribution in [3.63, 3.8) is 0 Å². The molecular weight excluding hydrogens is 290 g/mol. The van der Waals surface area contributed by atoms with Crippen LogP contribution in [0.4, 0.5) is 5.69 Å². The van der Waals surface area contributed by atoms with E-state index in [0.717, 1.165) is 24.1 Å². The summed E-state index contributed by atoms with van der Waals surface area (Å²) in [5.74, 6) is 0.00923. The van der Waals surface area contributed by atoms with Crippen molar-refractivity contribution in [1.82, 2.24) is 10.2 Å². The molecule has 2 N–H and O–H groups in total. The molecule has 1 saturated heterocycles. The lowest BCUT2D eigenvalue weighted by Gasteiger charge is -2.12. The molecule has 0 aliphatic carbocycles. The van der Waals surface area contributed by atoms with Crippen LogP contribution in [0.25, 0.3) is 11.3 Å². The molecule has 21 heavy (non-hydrogen) atoms. The highest BCUT2D eigenvalue weighted by Gasteiger charge is 2.23. The summed E-state index contributed by atoms with van der Waals surface area (Å²) in [7, 11) is -3.38. The highest BCUT2D eigenvalue weighted by Crippen LogP contribution is 2.20. The van der Waals surface area contributed by atoms with Crippen LogP contribution in [-0.2, 0) is 14.8 Å². The van der Waals surface area contributed by atoms with Crippen molar-refractivity contribution < 1.29 is 13.2 Å². The largest absolute Gasteiger partial charge is 0.377 e. The zero-order valence-corrected chi connectivity index (χ0v) is 12.3. The third-order valence-electron chi connectivity index (χ3n) is 3.40. The van der Waals surface area contributed by atoms with E-state index in [-0.39, 0.29) is 11.9 Å². The Hall–Kier alpha value is -1.86. The summed E-state index contributed by atoms with van der Waals surface area (Å²) in [6, 6.07) is 9.03. The Morgan fingerprint density at radius 1 is 1.29 bits per heavy atom. The maximum absolute atomic E-state index is 12.1. The number of aromatic amines is 1. The van der Waals surface area contributed by atoms with Gasteiger partial charge in [0, 0.05) is 18.5 Å². The second kappa shape index (κ2) is 5.87. The minimum Gasteiger partial charge on any atom is -0.377 e. The van der Waals surface area contributed by atoms with Crippen molar-refractivity contribution >= 4 is 15.7 Å². The Bertz CT molecular complexity index is 675. The molecule has 112 valence electrons. The van der Waals surface area contributed by atoms with Crippen LogP contribution in [0.1, 0.15) is 12.8 Å². The molecule has 1 aliphatic rings. The van der Waals surface area contributed by atoms with E-state index in [9.17, 15) is 8.42 Å². The number of rotatable bonds is 5. The normalized spacial score (nSPS) is 18.8. The number of anilines is 1. The van der Waals surface area contributed by atoms with E-state index < -0.39 is 10.0 Å². The molecule has 0 bridgehead atoms. The lowest BCUT2D eigenvalue weighted by atomic mass is 10.1. The molecule has 6 nitrogen and oxygen atoms in total. The van der Waals surface area contributed by atoms with Gasteiger partial charge in [0.05, 0.1) is 17.6 Å². The Morgan fingerprint density at radius 2 is 2.10 bits per heavy atom. The Balaban J connectivity index is 1.67. The van der Waals surface area contributed by atoms with Crippen molar-refractivity contribution in [3.05, 3.63) is 36.5 Å². The van der Waals surface area contributed by atoms with E-state index in [2.05, 4.69) is 14.9 Å². The predicted octanol–water partition coefficient (Wildman–Crippen LogP) is 2.00. The zero-order valence-electron chi connectivity index (χ0n) is 11.5. The Morgan fingerprint density at radius 3 is 2.71 bits per heavy atom. The molecule has 1 fully saturated rings. The molecule has 0 amide bonds. The molecule has 1 atom stereocenters. The number of H-pyrrole nitrogens is 1. The SMILES string of the molecule is O=S(=O)(CC1CCCO1)Nc1ccc(-c2ccn[nH]2)cc1. The minimum absolute atomic E-state index is 0.00923. The lowest BCUT2D eigenvalue weighted by molar-refractivity contribution is 0.127. The number of hydrogen-bond acceptors (Lipinski definition) is 4. The van der Waals surface area contributed by atoms with Crippen LogP contribution in [0.3, 0.4) is 0 Å². The van der Waals surface area contributed by atoms with Crippen molar-refractivity contribution in [1.29, 1.82) is 0 Å². The quantitative estimate of drug-likeness (QED) is 0.885. The number of ether oxygens (including phenoxy) is 1. The topological polar surface area (TPSA) is 84.1 Å². The molecule has 1 aliphatic heterocycles. The van der Waals surface area contributed by atoms with Crippen LogP contribution in [0.15, 0.2) is 36.5 Å². The van der Waals surface area contributed by atoms with Gasteiger partial charge in [0.2, 0.25) is 10.0 Å². The van der Waals surface area contributed by atoms with Gasteiger partial charge in [0.25, 0.3) is 0 Å². The summed E-state index contributed by atoms with van der Waals surface area (Å²) in [4.78, 5) is 0. The van der Waals surface area contributed by atoms with E-state index in [1.54, 1.807) is 18.3 Å². The lowest BCUT2D eigenvalue weighted by Crippen LogP contribution is -2.25. The molecule has 1 aromatic heterocycles. The number of benzene rings is 1. The number of sulfonamides is 1. The first-order valence-corrected chi connectivity index (χ1v) is 8.49. The number of hydrogen-bond donors (Lipinski definition) is 2. The number of aromatic nitrogens is 2. The van der Waals surface area contributed by atoms with Crippen LogP contribution in [0.2, 0.25) is 0 Å². The fourth-order valence-corrected chi connectivity index (χ4v) is 3.71. The molecule has 2 aromatic rings. The van der Waals surface area contributed by atoms with Gasteiger partial charge in [-0.25, -0.2) is 8.42 Å². The highest BCUT2D eigenvalue weighted by molar-refractivity contribution is 7.92. The van der Waals surface area contributed by atoms with Gasteiger partial charge < -0.3 is 4.74 Å². The summed E-state index contributed by atoms with van der Waals surface area (Å²) < 4.78 is 32.1. The van der Waals surface area contributed by atoms with Gasteiger partial charge >= 0.3 is 0 Å². The highest BCUT2D eigenvalue weighted by atomic mass is 32.2. The summed E-state index contributed by atoms with van der Waals surface area (Å²) >= 11 is 0. The van der Waals surface area contributed by atoms with Gasteiger partial charge in [-0.3, -0.25) is 9.82 Å². The van der Waals surface area contributed by atoms with E-state index in [1.807, 2.05) is 18.2 Å². The van der Waals surface area contributed by atoms with Crippen molar-refractivity contribution in [2.75, 3.05) is 17.1 Å². The minimum atomic E-state index is -3.38. The Labute approximate surface area is 123 Å². The molecule has 0 radical (unpaired) electrons. The van der Waals surface area contributed by atoms with Gasteiger partial charge in [-0.2, -0.15) is 5.10 Å². The first kappa shape index (κ1) is 14.1. The van der Waals surface area contributed by atoms with Gasteiger partial charge in [-0.05, 0) is 36.6 Å². The standard InChI is InChI=1S/C14H17N3O3S/c18-21(19,10-13-2-1-9-20-13)17-12-5-3-11(4-6-12)14-7-8-15-16-14/h3-8,13,17H,1-2,9-10H2,(H,15,16). The fraction of sp³-hybridized carbons (Fsp3) is 0.357. The van der Waals surface area contributed by atoms with Gasteiger partial charge in [0.15, 0.2) is 0 Å². The fourth-order valence-electron chi connectivity index (χ4n) is 2.38. The third kappa shape index (κ3) is 3.62. The van der Waals surface area contributed by atoms with Crippen LogP contribution < -0.4 is 4.72 Å². The van der Waals surface area contributed by atoms with E-state index in [1.165, 1.54) is 0 Å². The monoisotopic (exact) mass is 307 g/mol. The Kier molecular flexibility index (Phi) is 3.94. The molecule has 3 rings (SSSR count). The van der Waals surface area contributed by atoms with Gasteiger partial charge in [0.1, 0.15) is 0 Å². The summed E-state index contributed by atoms with van der Waals surface area (Å²) in [6.45, 7) is 0.652. The molecule has 1 unspecified atom stereocenters. The average molecular weight is 307 g/mol. The first-order chi connectivity index (χ1) is 10.1. The van der Waals surface area contributed by atoms with Crippen LogP contribution >= 0.6 is 0 Å². The molecule has 7 heteroatoms. The maximum Gasteiger partial charge on any atom is 0.235 e. The summed E-state index contributed by atoms with van der Waals surface area (Å²) in [5.41, 5.74) is 2.40. The van der Waals surface area contributed by atoms with E-state index >= 15 is 0 Å². The second-order valence-corrected chi connectivity index (χ2v) is 6.83. The summed E-state index contributed by atoms with van der Waals surface area (Å²) in [5, 5.41) is 6.75. The molecule has 1 aromatic carbocycles. The molecule has 2 heterocycles. The molecular formula is C14H17N3O3S. The number of nitrogens with zero attached hydrogens (tertiary/aromatic N) is 1. The predicted molar refractivity (Wildman–Crippen MR) is 80.4 cm³/mol. The number of nitrogens with one attached hydrogen (secondary N) is 2. The smallest absolute Gasteiger partial charge is 0.235 e. The van der Waals surface area contributed by atoms with Crippen molar-refractivity contribution in [2.45, 2.75) is 18.9 Å². The maximum atomic E-state index is 12.1.